The number of aryl methyl sites for hydroxylation is 2. The fourth-order valence-electron chi connectivity index (χ4n) is 7.09. The Morgan fingerprint density at radius 2 is 1.05 bits per heavy atom. The number of benzene rings is 2. The molecule has 0 spiro atoms. The number of rotatable bonds is 8. The first-order chi connectivity index (χ1) is 30.7. The van der Waals surface area contributed by atoms with E-state index in [4.69, 9.17) is 5.73 Å². The second-order valence-electron chi connectivity index (χ2n) is 14.8. The second kappa shape index (κ2) is 17.8. The molecule has 0 bridgehead atoms. The highest BCUT2D eigenvalue weighted by atomic mass is 19.1. The lowest BCUT2D eigenvalue weighted by Crippen LogP contribution is -2.30. The van der Waals surface area contributed by atoms with Crippen LogP contribution in [0, 0.1) is 51.0 Å². The van der Waals surface area contributed by atoms with Gasteiger partial charge in [0, 0.05) is 77.4 Å². The van der Waals surface area contributed by atoms with Crippen molar-refractivity contribution in [1.29, 1.82) is 0 Å². The predicted octanol–water partition coefficient (Wildman–Crippen LogP) is 8.38. The van der Waals surface area contributed by atoms with Gasteiger partial charge in [-0.15, -0.1) is 0 Å². The third-order valence-electron chi connectivity index (χ3n) is 10.1. The number of anilines is 5. The molecule has 0 atom stereocenters. The molecule has 0 aliphatic heterocycles. The summed E-state index contributed by atoms with van der Waals surface area (Å²) in [6, 6.07) is 16.5. The maximum Gasteiger partial charge on any atom is 0.490 e. The summed E-state index contributed by atoms with van der Waals surface area (Å²) in [5.74, 6) is -2.79. The molecule has 0 radical (unpaired) electrons. The molecule has 318 valence electrons. The zero-order chi connectivity index (χ0) is 45.2. The number of halogens is 4. The molecule has 0 amide bonds. The SMILES string of the molecule is Cc1ccnc(-c2nc3cc(F)cc(F)c3c(Nc3cncc(-c4ccnc(N)n4)c3)c2C)c1.Cc1ccnc(-c2nc3cc(F)cc(F)c3c(Nc3cncc(B(O)O)c3)c2C)c1. The third kappa shape index (κ3) is 8.99. The van der Waals surface area contributed by atoms with Crippen LogP contribution in [0.3, 0.4) is 0 Å². The van der Waals surface area contributed by atoms with Gasteiger partial charge in [-0.25, -0.2) is 37.5 Å². The van der Waals surface area contributed by atoms with Gasteiger partial charge in [0.2, 0.25) is 5.95 Å². The van der Waals surface area contributed by atoms with Crippen molar-refractivity contribution in [3.63, 3.8) is 0 Å². The summed E-state index contributed by atoms with van der Waals surface area (Å²) >= 11 is 0. The molecule has 9 rings (SSSR count). The molecule has 0 unspecified atom stereocenters. The smallest absolute Gasteiger partial charge is 0.423 e. The highest BCUT2D eigenvalue weighted by Crippen LogP contribution is 2.38. The number of aromatic nitrogens is 8. The van der Waals surface area contributed by atoms with Crippen molar-refractivity contribution >= 4 is 63.1 Å². The molecular weight excluding hydrogens is 825 g/mol. The van der Waals surface area contributed by atoms with Crippen LogP contribution in [-0.2, 0) is 0 Å². The highest BCUT2D eigenvalue weighted by Gasteiger charge is 2.21. The maximum absolute atomic E-state index is 15.0. The Morgan fingerprint density at radius 1 is 0.547 bits per heavy atom. The number of nitrogens with two attached hydrogens (primary N) is 1. The van der Waals surface area contributed by atoms with Gasteiger partial charge in [0.25, 0.3) is 0 Å². The standard InChI is InChI=1S/C25H19F2N7.C21H17BF2N4O2/c1-13-3-5-30-21(7-13)23-14(2)24(22-18(27)9-16(26)10-20(22)33-23)32-17-8-15(11-29-12-17)19-4-6-31-25(28)34-19;1-11-3-4-26-18(5-11)20-12(2)21(19-16(24)7-14(23)8-17(19)28-20)27-15-6-13(22(29)30)9-25-10-15/h3-12H,1-2H3,(H,32,33)(H2,28,31,34);3-10,29-30H,1-2H3,(H,27,28). The summed E-state index contributed by atoms with van der Waals surface area (Å²) in [7, 11) is -1.70. The van der Waals surface area contributed by atoms with Gasteiger partial charge in [0.05, 0.1) is 85.4 Å². The Hall–Kier alpha value is -7.96. The molecule has 0 fully saturated rings. The Morgan fingerprint density at radius 3 is 1.55 bits per heavy atom. The highest BCUT2D eigenvalue weighted by molar-refractivity contribution is 6.58. The van der Waals surface area contributed by atoms with Gasteiger partial charge in [-0.05, 0) is 81.3 Å². The van der Waals surface area contributed by atoms with Crippen LogP contribution in [-0.4, -0.2) is 57.0 Å². The van der Waals surface area contributed by atoms with E-state index in [0.717, 1.165) is 29.3 Å². The molecule has 9 aromatic rings. The fourth-order valence-corrected chi connectivity index (χ4v) is 7.09. The minimum atomic E-state index is -1.70. The summed E-state index contributed by atoms with van der Waals surface area (Å²) in [6.07, 6.45) is 10.9. The summed E-state index contributed by atoms with van der Waals surface area (Å²) in [5, 5.41) is 25.4. The average Bonchev–Trinajstić information content (AvgIpc) is 3.25. The quantitative estimate of drug-likeness (QED) is 0.0723. The van der Waals surface area contributed by atoms with Gasteiger partial charge >= 0.3 is 7.12 Å². The lowest BCUT2D eigenvalue weighted by Gasteiger charge is -2.17. The van der Waals surface area contributed by atoms with E-state index in [9.17, 15) is 27.6 Å². The van der Waals surface area contributed by atoms with Crippen molar-refractivity contribution in [3.8, 4) is 34.0 Å². The van der Waals surface area contributed by atoms with Gasteiger partial charge in [0.15, 0.2) is 0 Å². The van der Waals surface area contributed by atoms with E-state index in [1.807, 2.05) is 51.1 Å². The number of hydrogen-bond acceptors (Lipinski definition) is 13. The van der Waals surface area contributed by atoms with E-state index < -0.39 is 30.4 Å². The minimum Gasteiger partial charge on any atom is -0.423 e. The van der Waals surface area contributed by atoms with Crippen LogP contribution in [0.4, 0.5) is 46.3 Å². The minimum absolute atomic E-state index is 0.111. The van der Waals surface area contributed by atoms with Gasteiger partial charge in [0.1, 0.15) is 23.3 Å². The van der Waals surface area contributed by atoms with Crippen molar-refractivity contribution < 1.29 is 27.6 Å². The first kappa shape index (κ1) is 42.7. The number of fused-ring (bicyclic) bond motifs is 2. The van der Waals surface area contributed by atoms with Crippen molar-refractivity contribution in [2.24, 2.45) is 0 Å². The van der Waals surface area contributed by atoms with Gasteiger partial charge in [-0.3, -0.25) is 19.9 Å². The Balaban J connectivity index is 0.000000176. The number of nitrogens with one attached hydrogen (secondary N) is 2. The van der Waals surface area contributed by atoms with Crippen LogP contribution < -0.4 is 21.8 Å². The normalized spacial score (nSPS) is 11.0. The van der Waals surface area contributed by atoms with E-state index in [1.54, 1.807) is 44.0 Å². The molecule has 0 saturated heterocycles. The van der Waals surface area contributed by atoms with Crippen molar-refractivity contribution in [3.05, 3.63) is 156 Å². The average molecular weight is 862 g/mol. The van der Waals surface area contributed by atoms with Crippen molar-refractivity contribution in [2.75, 3.05) is 16.4 Å². The Bertz CT molecular complexity index is 3250. The van der Waals surface area contributed by atoms with Crippen LogP contribution >= 0.6 is 0 Å². The zero-order valence-corrected chi connectivity index (χ0v) is 34.5. The monoisotopic (exact) mass is 861 g/mol. The third-order valence-corrected chi connectivity index (χ3v) is 10.1. The molecule has 0 aliphatic rings. The van der Waals surface area contributed by atoms with Gasteiger partial charge in [-0.1, -0.05) is 0 Å². The molecule has 7 aromatic heterocycles. The van der Waals surface area contributed by atoms with E-state index in [0.29, 0.717) is 67.9 Å². The molecule has 13 nitrogen and oxygen atoms in total. The van der Waals surface area contributed by atoms with Crippen LogP contribution in [0.2, 0.25) is 0 Å². The zero-order valence-electron chi connectivity index (χ0n) is 34.5. The summed E-state index contributed by atoms with van der Waals surface area (Å²) in [6.45, 7) is 7.43. The number of hydrogen-bond donors (Lipinski definition) is 5. The molecule has 7 heterocycles. The molecule has 64 heavy (non-hydrogen) atoms. The van der Waals surface area contributed by atoms with Crippen LogP contribution in [0.1, 0.15) is 22.3 Å². The molecule has 18 heteroatoms. The molecule has 0 aliphatic carbocycles. The topological polar surface area (TPSA) is 194 Å². The Labute approximate surface area is 363 Å². The van der Waals surface area contributed by atoms with Gasteiger partial charge < -0.3 is 26.4 Å². The maximum atomic E-state index is 15.0. The lowest BCUT2D eigenvalue weighted by molar-refractivity contribution is 0.425. The van der Waals surface area contributed by atoms with Gasteiger partial charge in [-0.2, -0.15) is 0 Å². The molecular formula is C46H36BF4N11O2. The van der Waals surface area contributed by atoms with E-state index >= 15 is 0 Å². The van der Waals surface area contributed by atoms with Crippen LogP contribution in [0.15, 0.2) is 110 Å². The predicted molar refractivity (Wildman–Crippen MR) is 239 cm³/mol. The summed E-state index contributed by atoms with van der Waals surface area (Å²) in [4.78, 5) is 34.2. The summed E-state index contributed by atoms with van der Waals surface area (Å²) < 4.78 is 57.8. The molecule has 2 aromatic carbocycles. The van der Waals surface area contributed by atoms with Crippen LogP contribution in [0.5, 0.6) is 0 Å². The molecule has 0 saturated carbocycles. The number of pyridine rings is 6. The van der Waals surface area contributed by atoms with Crippen molar-refractivity contribution in [2.45, 2.75) is 27.7 Å². The molecule has 6 N–H and O–H groups in total. The fraction of sp³-hybridized carbons (Fsp3) is 0.0870. The number of nitrogens with zero attached hydrogens (tertiary/aromatic N) is 8. The first-order valence-electron chi connectivity index (χ1n) is 19.6. The number of nitrogen functional groups attached to an aromatic ring is 1. The lowest BCUT2D eigenvalue weighted by atomic mass is 9.81. The Kier molecular flexibility index (Phi) is 11.9. The van der Waals surface area contributed by atoms with E-state index in [-0.39, 0.29) is 33.2 Å². The summed E-state index contributed by atoms with van der Waals surface area (Å²) in [5.41, 5.74) is 14.7. The van der Waals surface area contributed by atoms with Crippen molar-refractivity contribution in [1.82, 2.24) is 39.9 Å². The first-order valence-corrected chi connectivity index (χ1v) is 19.6. The largest absolute Gasteiger partial charge is 0.490 e. The second-order valence-corrected chi connectivity index (χ2v) is 14.8. The van der Waals surface area contributed by atoms with E-state index in [2.05, 4.69) is 50.5 Å². The van der Waals surface area contributed by atoms with Crippen LogP contribution in [0.25, 0.3) is 55.8 Å². The van der Waals surface area contributed by atoms with E-state index in [1.165, 1.54) is 24.5 Å².